The zero-order valence-corrected chi connectivity index (χ0v) is 17.4. The van der Waals surface area contributed by atoms with Gasteiger partial charge in [-0.25, -0.2) is 13.4 Å². The first-order valence-electron chi connectivity index (χ1n) is 9.09. The van der Waals surface area contributed by atoms with E-state index in [1.807, 2.05) is 24.3 Å². The zero-order chi connectivity index (χ0) is 19.3. The number of hydrogen-bond acceptors (Lipinski definition) is 8. The Morgan fingerprint density at radius 3 is 2.64 bits per heavy atom. The number of aromatic nitrogens is 3. The van der Waals surface area contributed by atoms with Crippen LogP contribution < -0.4 is 9.80 Å². The SMILES string of the molecule is O=S1(=O)CCc2nnc(N3CCN(c4nc5ccc(Cl)cc5s4)CC3)cc2C1. The van der Waals surface area contributed by atoms with Crippen molar-refractivity contribution in [3.63, 3.8) is 0 Å². The van der Waals surface area contributed by atoms with Crippen molar-refractivity contribution >= 4 is 53.9 Å². The highest BCUT2D eigenvalue weighted by Crippen LogP contribution is 2.31. The number of fused-ring (bicyclic) bond motifs is 2. The fraction of sp³-hybridized carbons (Fsp3) is 0.389. The first-order valence-corrected chi connectivity index (χ1v) is 12.1. The maximum Gasteiger partial charge on any atom is 0.186 e. The lowest BCUT2D eigenvalue weighted by atomic mass is 10.2. The second-order valence-electron chi connectivity index (χ2n) is 7.10. The third-order valence-electron chi connectivity index (χ3n) is 5.19. The van der Waals surface area contributed by atoms with Crippen LogP contribution in [-0.4, -0.2) is 55.5 Å². The Kier molecular flexibility index (Phi) is 4.41. The molecular formula is C18H18ClN5O2S2. The van der Waals surface area contributed by atoms with Crippen molar-refractivity contribution in [2.45, 2.75) is 12.2 Å². The highest BCUT2D eigenvalue weighted by molar-refractivity contribution is 7.90. The maximum absolute atomic E-state index is 11.9. The molecule has 2 aliphatic rings. The van der Waals surface area contributed by atoms with Gasteiger partial charge in [0.05, 0.1) is 27.4 Å². The van der Waals surface area contributed by atoms with Gasteiger partial charge in [-0.3, -0.25) is 0 Å². The summed E-state index contributed by atoms with van der Waals surface area (Å²) in [5, 5.41) is 10.3. The number of nitrogens with zero attached hydrogens (tertiary/aromatic N) is 5. The summed E-state index contributed by atoms with van der Waals surface area (Å²) in [6.45, 7) is 3.23. The van der Waals surface area contributed by atoms with Crippen LogP contribution in [-0.2, 0) is 22.0 Å². The van der Waals surface area contributed by atoms with Gasteiger partial charge in [-0.1, -0.05) is 22.9 Å². The number of benzene rings is 1. The smallest absolute Gasteiger partial charge is 0.186 e. The number of piperazine rings is 1. The summed E-state index contributed by atoms with van der Waals surface area (Å²) >= 11 is 7.73. The molecular weight excluding hydrogens is 418 g/mol. The summed E-state index contributed by atoms with van der Waals surface area (Å²) < 4.78 is 24.9. The Bertz CT molecular complexity index is 1160. The molecule has 4 heterocycles. The molecule has 7 nitrogen and oxygen atoms in total. The molecule has 0 unspecified atom stereocenters. The van der Waals surface area contributed by atoms with E-state index < -0.39 is 9.84 Å². The van der Waals surface area contributed by atoms with Gasteiger partial charge in [-0.2, -0.15) is 5.10 Å². The van der Waals surface area contributed by atoms with Crippen molar-refractivity contribution in [2.24, 2.45) is 0 Å². The topological polar surface area (TPSA) is 79.3 Å². The van der Waals surface area contributed by atoms with Crippen molar-refractivity contribution in [3.05, 3.63) is 40.5 Å². The van der Waals surface area contributed by atoms with Crippen molar-refractivity contribution < 1.29 is 8.42 Å². The number of thiazole rings is 1. The quantitative estimate of drug-likeness (QED) is 0.611. The molecule has 2 aromatic heterocycles. The molecule has 0 radical (unpaired) electrons. The molecule has 3 aromatic rings. The standard InChI is InChI=1S/C18H18ClN5O2S2/c19-13-1-2-15-16(10-13)27-18(20-15)24-6-4-23(5-7-24)17-9-12-11-28(25,26)8-3-14(12)21-22-17/h1-2,9-10H,3-8,11H2. The molecule has 2 aliphatic heterocycles. The van der Waals surface area contributed by atoms with E-state index in [0.29, 0.717) is 6.42 Å². The van der Waals surface area contributed by atoms with Crippen LogP contribution in [0.2, 0.25) is 5.02 Å². The fourth-order valence-electron chi connectivity index (χ4n) is 3.64. The normalized spacial score (nSPS) is 19.0. The predicted octanol–water partition coefficient (Wildman–Crippen LogP) is 2.54. The molecule has 146 valence electrons. The van der Waals surface area contributed by atoms with Gasteiger partial charge in [0.2, 0.25) is 0 Å². The highest BCUT2D eigenvalue weighted by Gasteiger charge is 2.26. The van der Waals surface area contributed by atoms with Gasteiger partial charge >= 0.3 is 0 Å². The molecule has 0 saturated carbocycles. The van der Waals surface area contributed by atoms with Crippen LogP contribution in [0.4, 0.5) is 10.9 Å². The Morgan fingerprint density at radius 1 is 1.04 bits per heavy atom. The molecule has 10 heteroatoms. The number of sulfone groups is 1. The Morgan fingerprint density at radius 2 is 1.82 bits per heavy atom. The third kappa shape index (κ3) is 3.42. The van der Waals surface area contributed by atoms with E-state index >= 15 is 0 Å². The monoisotopic (exact) mass is 435 g/mol. The second kappa shape index (κ2) is 6.82. The van der Waals surface area contributed by atoms with Crippen LogP contribution in [0.3, 0.4) is 0 Å². The lowest BCUT2D eigenvalue weighted by Gasteiger charge is -2.35. The van der Waals surface area contributed by atoms with E-state index in [1.54, 1.807) is 11.3 Å². The Hall–Kier alpha value is -1.97. The molecule has 0 amide bonds. The van der Waals surface area contributed by atoms with E-state index in [0.717, 1.165) is 63.6 Å². The number of rotatable bonds is 2. The summed E-state index contributed by atoms with van der Waals surface area (Å²) in [6.07, 6.45) is 0.459. The van der Waals surface area contributed by atoms with E-state index in [9.17, 15) is 8.42 Å². The minimum atomic E-state index is -3.02. The Balaban J connectivity index is 1.32. The summed E-state index contributed by atoms with van der Waals surface area (Å²) in [6, 6.07) is 7.66. The molecule has 1 saturated heterocycles. The molecule has 1 aromatic carbocycles. The van der Waals surface area contributed by atoms with Gasteiger partial charge in [0.1, 0.15) is 0 Å². The number of aryl methyl sites for hydroxylation is 1. The van der Waals surface area contributed by atoms with Crippen molar-refractivity contribution in [2.75, 3.05) is 41.7 Å². The molecule has 5 rings (SSSR count). The summed E-state index contributed by atoms with van der Waals surface area (Å²) in [5.74, 6) is 0.991. The number of anilines is 2. The Labute approximate surface area is 171 Å². The van der Waals surface area contributed by atoms with Crippen LogP contribution >= 0.6 is 22.9 Å². The van der Waals surface area contributed by atoms with E-state index in [2.05, 4.69) is 20.0 Å². The van der Waals surface area contributed by atoms with Gasteiger partial charge in [-0.15, -0.1) is 5.10 Å². The van der Waals surface area contributed by atoms with Crippen LogP contribution in [0.5, 0.6) is 0 Å². The highest BCUT2D eigenvalue weighted by atomic mass is 35.5. The maximum atomic E-state index is 11.9. The largest absolute Gasteiger partial charge is 0.352 e. The van der Waals surface area contributed by atoms with Crippen LogP contribution in [0, 0.1) is 0 Å². The fourth-order valence-corrected chi connectivity index (χ4v) is 6.31. The van der Waals surface area contributed by atoms with Crippen molar-refractivity contribution in [3.8, 4) is 0 Å². The van der Waals surface area contributed by atoms with Crippen molar-refractivity contribution in [1.82, 2.24) is 15.2 Å². The molecule has 0 bridgehead atoms. The summed E-state index contributed by atoms with van der Waals surface area (Å²) in [4.78, 5) is 9.15. The van der Waals surface area contributed by atoms with Gasteiger partial charge in [-0.05, 0) is 29.8 Å². The zero-order valence-electron chi connectivity index (χ0n) is 15.0. The van der Waals surface area contributed by atoms with Crippen molar-refractivity contribution in [1.29, 1.82) is 0 Å². The lowest BCUT2D eigenvalue weighted by Crippen LogP contribution is -2.47. The minimum Gasteiger partial charge on any atom is -0.352 e. The molecule has 0 N–H and O–H groups in total. The van der Waals surface area contributed by atoms with E-state index in [1.165, 1.54) is 0 Å². The third-order valence-corrected chi connectivity index (χ3v) is 8.08. The van der Waals surface area contributed by atoms with Gasteiger partial charge in [0.25, 0.3) is 0 Å². The van der Waals surface area contributed by atoms with E-state index in [-0.39, 0.29) is 11.5 Å². The van der Waals surface area contributed by atoms with Crippen LogP contribution in [0.1, 0.15) is 11.3 Å². The first kappa shape index (κ1) is 18.1. The predicted molar refractivity (Wildman–Crippen MR) is 112 cm³/mol. The average molecular weight is 436 g/mol. The van der Waals surface area contributed by atoms with Gasteiger partial charge < -0.3 is 9.80 Å². The van der Waals surface area contributed by atoms with E-state index in [4.69, 9.17) is 16.6 Å². The van der Waals surface area contributed by atoms with Crippen LogP contribution in [0.15, 0.2) is 24.3 Å². The summed E-state index contributed by atoms with van der Waals surface area (Å²) in [5.41, 5.74) is 2.57. The first-order chi connectivity index (χ1) is 13.5. The minimum absolute atomic E-state index is 0.0685. The molecule has 0 aliphatic carbocycles. The van der Waals surface area contributed by atoms with Gasteiger partial charge in [0, 0.05) is 37.6 Å². The molecule has 0 atom stereocenters. The molecule has 0 spiro atoms. The number of hydrogen-bond donors (Lipinski definition) is 0. The number of halogens is 1. The van der Waals surface area contributed by atoms with Crippen LogP contribution in [0.25, 0.3) is 10.2 Å². The molecule has 28 heavy (non-hydrogen) atoms. The van der Waals surface area contributed by atoms with Gasteiger partial charge in [0.15, 0.2) is 20.8 Å². The second-order valence-corrected chi connectivity index (χ2v) is 10.7. The average Bonchev–Trinajstić information content (AvgIpc) is 3.10. The molecule has 1 fully saturated rings. The summed E-state index contributed by atoms with van der Waals surface area (Å²) in [7, 11) is -3.02. The lowest BCUT2D eigenvalue weighted by molar-refractivity contribution is 0.589.